The number of nitriles is 1. The number of hydrogen-bond acceptors (Lipinski definition) is 5. The molecule has 9 heteroatoms. The number of fused-ring (bicyclic) bond motifs is 1. The van der Waals surface area contributed by atoms with E-state index in [2.05, 4.69) is 20.6 Å². The minimum absolute atomic E-state index is 0.00649. The Kier molecular flexibility index (Phi) is 3.81. The Bertz CT molecular complexity index is 925. The molecular weight excluding hydrogens is 321 g/mol. The van der Waals surface area contributed by atoms with Crippen LogP contribution in [0.15, 0.2) is 36.4 Å². The summed E-state index contributed by atoms with van der Waals surface area (Å²) < 4.78 is 39.3. The van der Waals surface area contributed by atoms with E-state index in [1.807, 2.05) is 19.1 Å². The van der Waals surface area contributed by atoms with Gasteiger partial charge < -0.3 is 5.32 Å². The zero-order chi connectivity index (χ0) is 17.3. The summed E-state index contributed by atoms with van der Waals surface area (Å²) in [6.07, 6.45) is -4.64. The SMILES string of the molecule is CC(Nc1ccc2nnc(C(F)(F)F)n2n1)c1cccc(C#N)c1. The Morgan fingerprint density at radius 3 is 2.71 bits per heavy atom. The van der Waals surface area contributed by atoms with Gasteiger partial charge in [0.1, 0.15) is 5.82 Å². The number of hydrogen-bond donors (Lipinski definition) is 1. The van der Waals surface area contributed by atoms with E-state index < -0.39 is 12.0 Å². The topological polar surface area (TPSA) is 78.9 Å². The second-order valence-corrected chi connectivity index (χ2v) is 5.11. The van der Waals surface area contributed by atoms with Crippen molar-refractivity contribution in [3.63, 3.8) is 0 Å². The fourth-order valence-electron chi connectivity index (χ4n) is 2.23. The molecule has 1 aromatic carbocycles. The van der Waals surface area contributed by atoms with Gasteiger partial charge in [0.2, 0.25) is 0 Å². The van der Waals surface area contributed by atoms with Crippen LogP contribution in [0, 0.1) is 11.3 Å². The second-order valence-electron chi connectivity index (χ2n) is 5.11. The van der Waals surface area contributed by atoms with Crippen molar-refractivity contribution in [2.75, 3.05) is 5.32 Å². The van der Waals surface area contributed by atoms with Gasteiger partial charge in [0.25, 0.3) is 5.82 Å². The van der Waals surface area contributed by atoms with Crippen LogP contribution in [0.3, 0.4) is 0 Å². The monoisotopic (exact) mass is 332 g/mol. The van der Waals surface area contributed by atoms with Crippen molar-refractivity contribution in [3.8, 4) is 6.07 Å². The van der Waals surface area contributed by atoms with Gasteiger partial charge in [0.05, 0.1) is 17.7 Å². The lowest BCUT2D eigenvalue weighted by atomic mass is 10.1. The largest absolute Gasteiger partial charge is 0.453 e. The standard InChI is InChI=1S/C15H11F3N6/c1-9(11-4-2-3-10(7-11)8-19)20-12-5-6-13-21-22-14(15(16,17)18)24(13)23-12/h2-7,9H,1H3,(H,20,23). The van der Waals surface area contributed by atoms with E-state index >= 15 is 0 Å². The lowest BCUT2D eigenvalue weighted by Gasteiger charge is -2.15. The first-order valence-electron chi connectivity index (χ1n) is 6.95. The average molecular weight is 332 g/mol. The normalized spacial score (nSPS) is 12.8. The average Bonchev–Trinajstić information content (AvgIpc) is 2.98. The molecule has 1 unspecified atom stereocenters. The molecule has 0 bridgehead atoms. The zero-order valence-electron chi connectivity index (χ0n) is 12.4. The molecule has 2 heterocycles. The van der Waals surface area contributed by atoms with Gasteiger partial charge in [-0.25, -0.2) is 0 Å². The molecule has 0 saturated heterocycles. The molecule has 2 aromatic heterocycles. The highest BCUT2D eigenvalue weighted by Gasteiger charge is 2.37. The first-order valence-corrected chi connectivity index (χ1v) is 6.95. The number of rotatable bonds is 3. The Hall–Kier alpha value is -3.15. The number of nitrogens with one attached hydrogen (secondary N) is 1. The van der Waals surface area contributed by atoms with Crippen molar-refractivity contribution >= 4 is 11.5 Å². The summed E-state index contributed by atoms with van der Waals surface area (Å²) in [6.45, 7) is 1.82. The van der Waals surface area contributed by atoms with Gasteiger partial charge >= 0.3 is 6.18 Å². The molecule has 1 atom stereocenters. The highest BCUT2D eigenvalue weighted by molar-refractivity contribution is 5.46. The van der Waals surface area contributed by atoms with Crippen molar-refractivity contribution < 1.29 is 13.2 Å². The van der Waals surface area contributed by atoms with Crippen LogP contribution in [0.4, 0.5) is 19.0 Å². The number of aromatic nitrogens is 4. The Morgan fingerprint density at radius 1 is 1.21 bits per heavy atom. The molecule has 0 spiro atoms. The van der Waals surface area contributed by atoms with Crippen LogP contribution in [0.2, 0.25) is 0 Å². The summed E-state index contributed by atoms with van der Waals surface area (Å²) >= 11 is 0. The van der Waals surface area contributed by atoms with Crippen molar-refractivity contribution in [1.82, 2.24) is 19.8 Å². The maximum atomic E-state index is 12.9. The number of benzene rings is 1. The number of alkyl halides is 3. The minimum Gasteiger partial charge on any atom is -0.362 e. The smallest absolute Gasteiger partial charge is 0.362 e. The molecule has 3 rings (SSSR count). The second kappa shape index (κ2) is 5.81. The van der Waals surface area contributed by atoms with E-state index in [-0.39, 0.29) is 17.5 Å². The maximum absolute atomic E-state index is 12.9. The van der Waals surface area contributed by atoms with E-state index in [0.717, 1.165) is 5.56 Å². The molecule has 24 heavy (non-hydrogen) atoms. The number of halogens is 3. The van der Waals surface area contributed by atoms with Crippen LogP contribution in [0.5, 0.6) is 0 Å². The van der Waals surface area contributed by atoms with Crippen molar-refractivity contribution in [1.29, 1.82) is 5.26 Å². The van der Waals surface area contributed by atoms with Gasteiger partial charge in [-0.2, -0.15) is 22.9 Å². The van der Waals surface area contributed by atoms with Crippen LogP contribution < -0.4 is 5.32 Å². The van der Waals surface area contributed by atoms with Crippen molar-refractivity contribution in [2.24, 2.45) is 0 Å². The first-order chi connectivity index (χ1) is 11.4. The molecule has 0 saturated carbocycles. The predicted octanol–water partition coefficient (Wildman–Crippen LogP) is 3.19. The van der Waals surface area contributed by atoms with Crippen LogP contribution in [0.25, 0.3) is 5.65 Å². The molecule has 6 nitrogen and oxygen atoms in total. The summed E-state index contributed by atoms with van der Waals surface area (Å²) in [6, 6.07) is 11.6. The molecular formula is C15H11F3N6. The molecule has 1 N–H and O–H groups in total. The Balaban J connectivity index is 1.91. The molecule has 0 amide bonds. The Morgan fingerprint density at radius 2 is 2.00 bits per heavy atom. The van der Waals surface area contributed by atoms with Crippen LogP contribution in [0.1, 0.15) is 29.9 Å². The predicted molar refractivity (Wildman–Crippen MR) is 79.0 cm³/mol. The van der Waals surface area contributed by atoms with E-state index in [9.17, 15) is 13.2 Å². The van der Waals surface area contributed by atoms with Gasteiger partial charge in [0, 0.05) is 0 Å². The van der Waals surface area contributed by atoms with Gasteiger partial charge in [0.15, 0.2) is 5.65 Å². The summed E-state index contributed by atoms with van der Waals surface area (Å²) in [5.74, 6) is -0.942. The molecule has 0 aliphatic heterocycles. The van der Waals surface area contributed by atoms with Crippen LogP contribution in [-0.4, -0.2) is 19.8 Å². The lowest BCUT2D eigenvalue weighted by molar-refractivity contribution is -0.146. The minimum atomic E-state index is -4.64. The fraction of sp³-hybridized carbons (Fsp3) is 0.200. The molecule has 0 fully saturated rings. The van der Waals surface area contributed by atoms with Crippen molar-refractivity contribution in [3.05, 3.63) is 53.3 Å². The van der Waals surface area contributed by atoms with E-state index in [1.54, 1.807) is 18.2 Å². The van der Waals surface area contributed by atoms with Crippen molar-refractivity contribution in [2.45, 2.75) is 19.1 Å². The number of nitrogens with zero attached hydrogens (tertiary/aromatic N) is 5. The molecule has 122 valence electrons. The molecule has 0 radical (unpaired) electrons. The molecule has 3 aromatic rings. The third-order valence-corrected chi connectivity index (χ3v) is 3.40. The molecule has 0 aliphatic carbocycles. The summed E-state index contributed by atoms with van der Waals surface area (Å²) in [5, 5.41) is 22.4. The zero-order valence-corrected chi connectivity index (χ0v) is 12.4. The van der Waals surface area contributed by atoms with E-state index in [4.69, 9.17) is 5.26 Å². The lowest BCUT2D eigenvalue weighted by Crippen LogP contribution is -2.14. The van der Waals surface area contributed by atoms with E-state index in [0.29, 0.717) is 10.1 Å². The molecule has 0 aliphatic rings. The summed E-state index contributed by atoms with van der Waals surface area (Å²) in [4.78, 5) is 0. The highest BCUT2D eigenvalue weighted by atomic mass is 19.4. The van der Waals surface area contributed by atoms with E-state index in [1.165, 1.54) is 12.1 Å². The highest BCUT2D eigenvalue weighted by Crippen LogP contribution is 2.28. The van der Waals surface area contributed by atoms with Gasteiger partial charge in [-0.1, -0.05) is 12.1 Å². The van der Waals surface area contributed by atoms with Gasteiger partial charge in [-0.15, -0.1) is 15.3 Å². The third kappa shape index (κ3) is 2.99. The quantitative estimate of drug-likeness (QED) is 0.797. The van der Waals surface area contributed by atoms with Gasteiger partial charge in [-0.3, -0.25) is 0 Å². The maximum Gasteiger partial charge on any atom is 0.453 e. The summed E-state index contributed by atoms with van der Waals surface area (Å²) in [7, 11) is 0. The van der Waals surface area contributed by atoms with Gasteiger partial charge in [-0.05, 0) is 36.8 Å². The fourth-order valence-corrected chi connectivity index (χ4v) is 2.23. The van der Waals surface area contributed by atoms with Crippen LogP contribution >= 0.6 is 0 Å². The Labute approximate surface area is 134 Å². The van der Waals surface area contributed by atoms with Crippen LogP contribution in [-0.2, 0) is 6.18 Å². The summed E-state index contributed by atoms with van der Waals surface area (Å²) in [5.41, 5.74) is 1.32. The first kappa shape index (κ1) is 15.7. The number of anilines is 1. The third-order valence-electron chi connectivity index (χ3n) is 3.40.